The van der Waals surface area contributed by atoms with E-state index in [1.54, 1.807) is 0 Å². The zero-order chi connectivity index (χ0) is 23.0. The molecule has 0 spiro atoms. The van der Waals surface area contributed by atoms with E-state index in [0.717, 1.165) is 29.6 Å². The normalized spacial score (nSPS) is 17.3. The third kappa shape index (κ3) is 3.94. The van der Waals surface area contributed by atoms with Crippen molar-refractivity contribution in [2.45, 2.75) is 12.0 Å². The number of halogens is 2. The second-order valence-corrected chi connectivity index (χ2v) is 6.76. The molecule has 4 rings (SSSR count). The first-order valence-electron chi connectivity index (χ1n) is 8.91. The molecule has 1 aliphatic rings. The lowest BCUT2D eigenvalue weighted by molar-refractivity contribution is -0.0625. The minimum Gasteiger partial charge on any atom is -0.478 e. The summed E-state index contributed by atoms with van der Waals surface area (Å²) in [6.45, 7) is -1.33. The van der Waals surface area contributed by atoms with Gasteiger partial charge in [-0.1, -0.05) is 0 Å². The van der Waals surface area contributed by atoms with Gasteiger partial charge in [0.2, 0.25) is 0 Å². The van der Waals surface area contributed by atoms with E-state index in [4.69, 9.17) is 9.84 Å². The molecular weight excluding hydrogens is 436 g/mol. The van der Waals surface area contributed by atoms with Gasteiger partial charge in [-0.15, -0.1) is 0 Å². The van der Waals surface area contributed by atoms with Crippen molar-refractivity contribution in [3.05, 3.63) is 61.4 Å². The average molecular weight is 449 g/mol. The van der Waals surface area contributed by atoms with Crippen LogP contribution in [0.2, 0.25) is 0 Å². The Labute approximate surface area is 174 Å². The summed E-state index contributed by atoms with van der Waals surface area (Å²) in [5.41, 5.74) is -2.91. The molecule has 166 valence electrons. The highest BCUT2D eigenvalue weighted by molar-refractivity contribution is 5.86. The van der Waals surface area contributed by atoms with E-state index < -0.39 is 53.9 Å². The molecule has 0 aliphatic carbocycles. The molecule has 0 radical (unpaired) electrons. The molecule has 0 bridgehead atoms. The van der Waals surface area contributed by atoms with Crippen LogP contribution in [0.1, 0.15) is 10.4 Å². The number of H-pyrrole nitrogens is 3. The highest BCUT2D eigenvalue weighted by Crippen LogP contribution is 2.32. The number of ether oxygens (including phenoxy) is 1. The molecule has 3 aromatic rings. The number of aromatic nitrogens is 6. The number of carbonyl (C=O) groups is 1. The number of alkyl halides is 2. The van der Waals surface area contributed by atoms with Gasteiger partial charge >= 0.3 is 23.6 Å². The summed E-state index contributed by atoms with van der Waals surface area (Å²) in [4.78, 5) is 58.7. The first-order chi connectivity index (χ1) is 15.1. The van der Waals surface area contributed by atoms with Crippen molar-refractivity contribution in [3.63, 3.8) is 0 Å². The minimum atomic E-state index is -3.42. The van der Waals surface area contributed by atoms with Crippen molar-refractivity contribution in [2.24, 2.45) is 0 Å². The summed E-state index contributed by atoms with van der Waals surface area (Å²) in [6, 6.07) is 0.684. The van der Waals surface area contributed by atoms with Crippen LogP contribution in [0, 0.1) is 0 Å². The molecule has 32 heavy (non-hydrogen) atoms. The highest BCUT2D eigenvalue weighted by Gasteiger charge is 2.51. The number of anilines is 1. The molecule has 0 saturated carbocycles. The van der Waals surface area contributed by atoms with Gasteiger partial charge in [-0.05, 0) is 6.07 Å². The Bertz CT molecular complexity index is 1350. The SMILES string of the molecule is O=C(O)c1cnc(OC2CN(c3cc(-c4c[nH]c(=O)[nH]c4=O)n[nH]c3=O)CC2(F)F)nc1. The van der Waals surface area contributed by atoms with Gasteiger partial charge in [0.25, 0.3) is 11.1 Å². The molecule has 4 heterocycles. The van der Waals surface area contributed by atoms with Crippen LogP contribution in [0.4, 0.5) is 14.5 Å². The van der Waals surface area contributed by atoms with E-state index in [1.807, 2.05) is 4.98 Å². The maximum Gasteiger partial charge on any atom is 0.338 e. The molecule has 1 fully saturated rings. The number of hydrogen-bond acceptors (Lipinski definition) is 9. The topological polar surface area (TPSA) is 187 Å². The number of rotatable bonds is 5. The van der Waals surface area contributed by atoms with Crippen molar-refractivity contribution >= 4 is 11.7 Å². The fourth-order valence-corrected chi connectivity index (χ4v) is 3.04. The minimum absolute atomic E-state index is 0.0580. The summed E-state index contributed by atoms with van der Waals surface area (Å²) in [5.74, 6) is -4.71. The van der Waals surface area contributed by atoms with Crippen LogP contribution in [0.3, 0.4) is 0 Å². The van der Waals surface area contributed by atoms with Crippen LogP contribution >= 0.6 is 0 Å². The number of carboxylic acid groups (broad SMARTS) is 1. The molecule has 1 atom stereocenters. The maximum atomic E-state index is 14.6. The van der Waals surface area contributed by atoms with E-state index in [0.29, 0.717) is 0 Å². The Morgan fingerprint density at radius 3 is 2.59 bits per heavy atom. The van der Waals surface area contributed by atoms with E-state index in [9.17, 15) is 28.0 Å². The summed E-state index contributed by atoms with van der Waals surface area (Å²) in [7, 11) is 0. The predicted octanol–water partition coefficient (Wildman–Crippen LogP) is -0.795. The molecule has 1 unspecified atom stereocenters. The zero-order valence-electron chi connectivity index (χ0n) is 15.8. The number of aromatic carboxylic acids is 1. The largest absolute Gasteiger partial charge is 0.478 e. The van der Waals surface area contributed by atoms with Gasteiger partial charge in [-0.3, -0.25) is 14.6 Å². The second-order valence-electron chi connectivity index (χ2n) is 6.76. The number of nitrogens with one attached hydrogen (secondary N) is 3. The molecule has 4 N–H and O–H groups in total. The van der Waals surface area contributed by atoms with E-state index in [2.05, 4.69) is 25.1 Å². The van der Waals surface area contributed by atoms with Crippen LogP contribution in [0.5, 0.6) is 6.01 Å². The Balaban J connectivity index is 1.60. The van der Waals surface area contributed by atoms with Crippen LogP contribution in [0.15, 0.2) is 39.0 Å². The lowest BCUT2D eigenvalue weighted by atomic mass is 10.2. The van der Waals surface area contributed by atoms with E-state index >= 15 is 0 Å². The number of hydrogen-bond donors (Lipinski definition) is 4. The van der Waals surface area contributed by atoms with Crippen LogP contribution in [-0.4, -0.2) is 66.3 Å². The lowest BCUT2D eigenvalue weighted by Crippen LogP contribution is -2.36. The van der Waals surface area contributed by atoms with E-state index in [-0.39, 0.29) is 22.5 Å². The smallest absolute Gasteiger partial charge is 0.338 e. The quantitative estimate of drug-likeness (QED) is 0.384. The van der Waals surface area contributed by atoms with Gasteiger partial charge in [-0.25, -0.2) is 33.4 Å². The molecular formula is C17H13F2N7O6. The molecule has 1 saturated heterocycles. The Hall–Kier alpha value is -4.43. The van der Waals surface area contributed by atoms with Crippen molar-refractivity contribution in [1.29, 1.82) is 0 Å². The Morgan fingerprint density at radius 2 is 1.94 bits per heavy atom. The summed E-state index contributed by atoms with van der Waals surface area (Å²) < 4.78 is 34.3. The van der Waals surface area contributed by atoms with E-state index in [1.165, 1.54) is 0 Å². The van der Waals surface area contributed by atoms with Crippen molar-refractivity contribution < 1.29 is 23.4 Å². The van der Waals surface area contributed by atoms with Gasteiger partial charge in [0, 0.05) is 18.6 Å². The first-order valence-corrected chi connectivity index (χ1v) is 8.91. The van der Waals surface area contributed by atoms with Crippen molar-refractivity contribution in [2.75, 3.05) is 18.0 Å². The Morgan fingerprint density at radius 1 is 1.22 bits per heavy atom. The second kappa shape index (κ2) is 7.68. The predicted molar refractivity (Wildman–Crippen MR) is 102 cm³/mol. The van der Waals surface area contributed by atoms with Gasteiger partial charge in [-0.2, -0.15) is 5.10 Å². The lowest BCUT2D eigenvalue weighted by Gasteiger charge is -2.17. The number of aromatic amines is 3. The molecule has 1 aliphatic heterocycles. The summed E-state index contributed by atoms with van der Waals surface area (Å²) in [6.07, 6.45) is 1.16. The van der Waals surface area contributed by atoms with Gasteiger partial charge < -0.3 is 19.7 Å². The summed E-state index contributed by atoms with van der Waals surface area (Å²) >= 11 is 0. The van der Waals surface area contributed by atoms with Gasteiger partial charge in [0.05, 0.1) is 29.9 Å². The van der Waals surface area contributed by atoms with Gasteiger partial charge in [0.1, 0.15) is 5.69 Å². The highest BCUT2D eigenvalue weighted by atomic mass is 19.3. The van der Waals surface area contributed by atoms with Crippen LogP contribution in [0.25, 0.3) is 11.3 Å². The zero-order valence-corrected chi connectivity index (χ0v) is 15.8. The molecule has 0 aromatic carbocycles. The molecule has 3 aromatic heterocycles. The summed E-state index contributed by atoms with van der Waals surface area (Å²) in [5, 5.41) is 14.7. The third-order valence-electron chi connectivity index (χ3n) is 4.60. The van der Waals surface area contributed by atoms with Crippen LogP contribution < -0.4 is 26.4 Å². The fraction of sp³-hybridized carbons (Fsp3) is 0.235. The molecule has 15 heteroatoms. The first kappa shape index (κ1) is 20.8. The van der Waals surface area contributed by atoms with Gasteiger partial charge in [0.15, 0.2) is 6.10 Å². The van der Waals surface area contributed by atoms with Crippen molar-refractivity contribution in [1.82, 2.24) is 30.1 Å². The van der Waals surface area contributed by atoms with Crippen molar-refractivity contribution in [3.8, 4) is 17.3 Å². The Kier molecular flexibility index (Phi) is 5.00. The fourth-order valence-electron chi connectivity index (χ4n) is 3.04. The average Bonchev–Trinajstić information content (AvgIpc) is 3.03. The number of carboxylic acids is 1. The monoisotopic (exact) mass is 449 g/mol. The third-order valence-corrected chi connectivity index (χ3v) is 4.60. The molecule has 13 nitrogen and oxygen atoms in total. The maximum absolute atomic E-state index is 14.6. The van der Waals surface area contributed by atoms with Crippen LogP contribution in [-0.2, 0) is 0 Å². The standard InChI is InChI=1S/C17H13F2N7O6/c18-17(19)6-26(5-11(17)32-16-21-2-7(3-22-16)14(29)30)10-1-9(24-25-13(10)28)8-4-20-15(31)23-12(8)27/h1-4,11H,5-6H2,(H,25,28)(H,29,30)(H2,20,23,27,31). The number of nitrogens with zero attached hydrogens (tertiary/aromatic N) is 4. The molecule has 0 amide bonds.